The molecule has 0 unspecified atom stereocenters. The molecule has 1 aliphatic heterocycles. The van der Waals surface area contributed by atoms with Crippen LogP contribution in [0.5, 0.6) is 0 Å². The molecule has 3 heterocycles. The maximum absolute atomic E-state index is 12.5. The fraction of sp³-hybridized carbons (Fsp3) is 0.350. The summed E-state index contributed by atoms with van der Waals surface area (Å²) in [6.45, 7) is 1.88. The van der Waals surface area contributed by atoms with Crippen LogP contribution in [0.4, 0.5) is 5.95 Å². The average molecular weight is 409 g/mol. The Bertz CT molecular complexity index is 1200. The summed E-state index contributed by atoms with van der Waals surface area (Å²) in [5, 5.41) is 4.01. The molecule has 0 aliphatic carbocycles. The molecule has 2 N–H and O–H groups in total. The van der Waals surface area contributed by atoms with Crippen LogP contribution in [-0.2, 0) is 13.6 Å². The van der Waals surface area contributed by atoms with Gasteiger partial charge in [0, 0.05) is 31.9 Å². The first-order chi connectivity index (χ1) is 14.6. The van der Waals surface area contributed by atoms with Crippen molar-refractivity contribution in [3.05, 3.63) is 56.7 Å². The van der Waals surface area contributed by atoms with E-state index in [0.29, 0.717) is 22.7 Å². The second-order valence-electron chi connectivity index (χ2n) is 7.18. The van der Waals surface area contributed by atoms with Gasteiger partial charge in [-0.1, -0.05) is 18.2 Å². The normalized spacial score (nSPS) is 14.5. The molecule has 4 rings (SSSR count). The minimum absolute atomic E-state index is 0.221. The van der Waals surface area contributed by atoms with Gasteiger partial charge < -0.3 is 4.90 Å². The first-order valence-electron chi connectivity index (χ1n) is 9.87. The molecule has 3 aromatic rings. The molecule has 156 valence electrons. The molecular formula is C20H23N7O3. The lowest BCUT2D eigenvalue weighted by Crippen LogP contribution is -2.32. The van der Waals surface area contributed by atoms with E-state index >= 15 is 0 Å². The molecule has 0 spiro atoms. The van der Waals surface area contributed by atoms with Crippen LogP contribution in [0.2, 0.25) is 0 Å². The maximum atomic E-state index is 12.5. The Hall–Kier alpha value is -3.69. The lowest BCUT2D eigenvalue weighted by Gasteiger charge is -2.27. The number of nitrogens with one attached hydrogen (secondary N) is 2. The molecule has 1 amide bonds. The molecular weight excluding hydrogens is 386 g/mol. The molecule has 2 aromatic heterocycles. The van der Waals surface area contributed by atoms with E-state index in [4.69, 9.17) is 0 Å². The third-order valence-electron chi connectivity index (χ3n) is 5.18. The predicted molar refractivity (Wildman–Crippen MR) is 114 cm³/mol. The summed E-state index contributed by atoms with van der Waals surface area (Å²) in [4.78, 5) is 45.7. The fourth-order valence-corrected chi connectivity index (χ4v) is 3.61. The Morgan fingerprint density at radius 2 is 1.93 bits per heavy atom. The zero-order chi connectivity index (χ0) is 21.1. The van der Waals surface area contributed by atoms with Gasteiger partial charge in [0.15, 0.2) is 11.2 Å². The van der Waals surface area contributed by atoms with E-state index in [0.717, 1.165) is 32.4 Å². The highest BCUT2D eigenvalue weighted by atomic mass is 16.2. The van der Waals surface area contributed by atoms with Crippen molar-refractivity contribution >= 4 is 29.2 Å². The van der Waals surface area contributed by atoms with E-state index in [1.165, 1.54) is 10.8 Å². The number of rotatable bonds is 5. The first kappa shape index (κ1) is 19.6. The third-order valence-corrected chi connectivity index (χ3v) is 5.18. The van der Waals surface area contributed by atoms with Crippen molar-refractivity contribution in [2.24, 2.45) is 12.1 Å². The highest BCUT2D eigenvalue weighted by Gasteiger charge is 2.22. The molecule has 1 fully saturated rings. The number of aryl methyl sites for hydroxylation is 1. The zero-order valence-electron chi connectivity index (χ0n) is 16.7. The number of carbonyl (C=O) groups excluding carboxylic acids is 1. The van der Waals surface area contributed by atoms with Gasteiger partial charge in [-0.15, -0.1) is 0 Å². The van der Waals surface area contributed by atoms with Crippen LogP contribution in [0.3, 0.4) is 0 Å². The number of hydrogen-bond donors (Lipinski definition) is 2. The summed E-state index contributed by atoms with van der Waals surface area (Å²) in [6, 6.07) is 8.78. The van der Waals surface area contributed by atoms with Gasteiger partial charge in [0.05, 0.1) is 6.54 Å². The Kier molecular flexibility index (Phi) is 5.46. The number of carbonyl (C=O) groups is 1. The summed E-state index contributed by atoms with van der Waals surface area (Å²) in [5.74, 6) is 0.302. The summed E-state index contributed by atoms with van der Waals surface area (Å²) in [5.41, 5.74) is 2.61. The highest BCUT2D eigenvalue weighted by Crippen LogP contribution is 2.22. The van der Waals surface area contributed by atoms with Crippen molar-refractivity contribution in [1.82, 2.24) is 24.5 Å². The van der Waals surface area contributed by atoms with Gasteiger partial charge in [0.2, 0.25) is 5.95 Å². The minimum atomic E-state index is -0.508. The predicted octanol–water partition coefficient (Wildman–Crippen LogP) is 0.829. The molecule has 10 heteroatoms. The van der Waals surface area contributed by atoms with Crippen molar-refractivity contribution in [3.8, 4) is 0 Å². The summed E-state index contributed by atoms with van der Waals surface area (Å²) in [7, 11) is 1.58. The number of hydrazone groups is 1. The van der Waals surface area contributed by atoms with E-state index in [-0.39, 0.29) is 12.5 Å². The van der Waals surface area contributed by atoms with Crippen LogP contribution in [-0.4, -0.2) is 44.3 Å². The van der Waals surface area contributed by atoms with Crippen LogP contribution in [0.25, 0.3) is 11.2 Å². The van der Waals surface area contributed by atoms with Gasteiger partial charge in [-0.05, 0) is 31.4 Å². The van der Waals surface area contributed by atoms with Gasteiger partial charge in [-0.2, -0.15) is 10.1 Å². The second kappa shape index (κ2) is 8.36. The monoisotopic (exact) mass is 409 g/mol. The smallest absolute Gasteiger partial charge is 0.329 e. The van der Waals surface area contributed by atoms with Crippen molar-refractivity contribution in [1.29, 1.82) is 0 Å². The fourth-order valence-electron chi connectivity index (χ4n) is 3.61. The number of anilines is 1. The number of aromatic amines is 1. The van der Waals surface area contributed by atoms with E-state index in [2.05, 4.69) is 25.4 Å². The van der Waals surface area contributed by atoms with E-state index in [9.17, 15) is 14.4 Å². The SMILES string of the molecule is Cn1c(=O)[nH]c(=O)c2c1nc(N1CCCCC1)n2C/C=N/NC(=O)c1ccccc1. The molecule has 0 atom stereocenters. The topological polar surface area (TPSA) is 117 Å². The Balaban J connectivity index is 1.64. The number of imidazole rings is 1. The number of hydrogen-bond acceptors (Lipinski definition) is 6. The van der Waals surface area contributed by atoms with Gasteiger partial charge in [0.1, 0.15) is 0 Å². The number of aromatic nitrogens is 4. The number of fused-ring (bicyclic) bond motifs is 1. The molecule has 1 aliphatic rings. The van der Waals surface area contributed by atoms with Crippen molar-refractivity contribution in [2.75, 3.05) is 18.0 Å². The molecule has 1 aromatic carbocycles. The van der Waals surface area contributed by atoms with Crippen LogP contribution < -0.4 is 21.6 Å². The van der Waals surface area contributed by atoms with Crippen LogP contribution in [0.15, 0.2) is 45.0 Å². The van der Waals surface area contributed by atoms with Crippen molar-refractivity contribution in [3.63, 3.8) is 0 Å². The Morgan fingerprint density at radius 3 is 2.67 bits per heavy atom. The van der Waals surface area contributed by atoms with E-state index < -0.39 is 11.2 Å². The number of H-pyrrole nitrogens is 1. The highest BCUT2D eigenvalue weighted by molar-refractivity contribution is 5.94. The lowest BCUT2D eigenvalue weighted by atomic mass is 10.1. The Labute approximate surface area is 171 Å². The number of piperidine rings is 1. The van der Waals surface area contributed by atoms with Crippen molar-refractivity contribution < 1.29 is 4.79 Å². The summed E-state index contributed by atoms with van der Waals surface area (Å²) in [6.07, 6.45) is 4.75. The standard InChI is InChI=1S/C20H23N7O3/c1-25-16-15(18(29)23-20(25)30)27(19(22-16)26-11-6-3-7-12-26)13-10-21-24-17(28)14-8-4-2-5-9-14/h2,4-5,8-10H,3,6-7,11-13H2,1H3,(H,24,28)(H,23,29,30)/b21-10+. The summed E-state index contributed by atoms with van der Waals surface area (Å²) >= 11 is 0. The molecule has 30 heavy (non-hydrogen) atoms. The largest absolute Gasteiger partial charge is 0.342 e. The van der Waals surface area contributed by atoms with Crippen LogP contribution in [0, 0.1) is 0 Å². The number of benzene rings is 1. The van der Waals surface area contributed by atoms with Gasteiger partial charge in [-0.25, -0.2) is 10.2 Å². The molecule has 1 saturated heterocycles. The minimum Gasteiger partial charge on any atom is -0.342 e. The third kappa shape index (κ3) is 3.76. The van der Waals surface area contributed by atoms with Crippen LogP contribution >= 0.6 is 0 Å². The van der Waals surface area contributed by atoms with Crippen LogP contribution in [0.1, 0.15) is 29.6 Å². The number of nitrogens with zero attached hydrogens (tertiary/aromatic N) is 5. The second-order valence-corrected chi connectivity index (χ2v) is 7.18. The molecule has 0 saturated carbocycles. The van der Waals surface area contributed by atoms with Gasteiger partial charge >= 0.3 is 5.69 Å². The average Bonchev–Trinajstić information content (AvgIpc) is 3.16. The zero-order valence-corrected chi connectivity index (χ0v) is 16.7. The number of amides is 1. The maximum Gasteiger partial charge on any atom is 0.329 e. The summed E-state index contributed by atoms with van der Waals surface area (Å²) < 4.78 is 3.06. The lowest BCUT2D eigenvalue weighted by molar-refractivity contribution is 0.0955. The first-order valence-corrected chi connectivity index (χ1v) is 9.87. The quantitative estimate of drug-likeness (QED) is 0.478. The van der Waals surface area contributed by atoms with E-state index in [1.807, 2.05) is 6.07 Å². The molecule has 10 nitrogen and oxygen atoms in total. The molecule has 0 bridgehead atoms. The van der Waals surface area contributed by atoms with Crippen molar-refractivity contribution in [2.45, 2.75) is 25.8 Å². The molecule has 0 radical (unpaired) electrons. The van der Waals surface area contributed by atoms with Gasteiger partial charge in [-0.3, -0.25) is 23.7 Å². The Morgan fingerprint density at radius 1 is 1.20 bits per heavy atom. The van der Waals surface area contributed by atoms with Gasteiger partial charge in [0.25, 0.3) is 11.5 Å². The van der Waals surface area contributed by atoms with E-state index in [1.54, 1.807) is 35.9 Å².